The lowest BCUT2D eigenvalue weighted by Gasteiger charge is -2.05. The van der Waals surface area contributed by atoms with Crippen molar-refractivity contribution in [2.75, 3.05) is 7.11 Å². The van der Waals surface area contributed by atoms with E-state index in [1.807, 2.05) is 5.43 Å². The Morgan fingerprint density at radius 1 is 1.77 bits per heavy atom. The van der Waals surface area contributed by atoms with Crippen LogP contribution in [0, 0.1) is 0 Å². The Morgan fingerprint density at radius 2 is 2.46 bits per heavy atom. The Morgan fingerprint density at radius 3 is 3.00 bits per heavy atom. The van der Waals surface area contributed by atoms with Gasteiger partial charge < -0.3 is 4.74 Å². The first-order valence-corrected chi connectivity index (χ1v) is 4.19. The van der Waals surface area contributed by atoms with Crippen LogP contribution >= 0.6 is 15.9 Å². The summed E-state index contributed by atoms with van der Waals surface area (Å²) < 4.78 is 5.46. The summed E-state index contributed by atoms with van der Waals surface area (Å²) in [5, 5.41) is 0. The zero-order chi connectivity index (χ0) is 9.84. The Labute approximate surface area is 83.4 Å². The van der Waals surface area contributed by atoms with Crippen molar-refractivity contribution in [3.8, 4) is 5.75 Å². The van der Waals surface area contributed by atoms with Gasteiger partial charge in [0.25, 0.3) is 5.91 Å². The number of pyridine rings is 1. The van der Waals surface area contributed by atoms with Crippen LogP contribution in [0.25, 0.3) is 0 Å². The summed E-state index contributed by atoms with van der Waals surface area (Å²) in [6, 6.07) is 1.64. The third kappa shape index (κ3) is 1.96. The molecule has 70 valence electrons. The Kier molecular flexibility index (Phi) is 3.21. The highest BCUT2D eigenvalue weighted by Crippen LogP contribution is 2.26. The molecule has 0 spiro atoms. The summed E-state index contributed by atoms with van der Waals surface area (Å²) in [7, 11) is 1.50. The molecule has 0 aromatic carbocycles. The largest absolute Gasteiger partial charge is 0.495 e. The highest BCUT2D eigenvalue weighted by atomic mass is 79.9. The van der Waals surface area contributed by atoms with Crippen LogP contribution in [0.2, 0.25) is 0 Å². The molecule has 0 aliphatic rings. The van der Waals surface area contributed by atoms with E-state index >= 15 is 0 Å². The lowest BCUT2D eigenvalue weighted by Crippen LogP contribution is -2.31. The van der Waals surface area contributed by atoms with Gasteiger partial charge in [0, 0.05) is 6.20 Å². The number of nitrogens with two attached hydrogens (primary N) is 1. The van der Waals surface area contributed by atoms with Crippen LogP contribution in [0.15, 0.2) is 16.7 Å². The molecule has 5 nitrogen and oxygen atoms in total. The quantitative estimate of drug-likeness (QED) is 0.451. The molecule has 0 unspecified atom stereocenters. The van der Waals surface area contributed by atoms with Crippen molar-refractivity contribution in [3.63, 3.8) is 0 Å². The smallest absolute Gasteiger partial charge is 0.285 e. The summed E-state index contributed by atoms with van der Waals surface area (Å²) in [6.45, 7) is 0. The van der Waals surface area contributed by atoms with Crippen molar-refractivity contribution in [3.05, 3.63) is 22.4 Å². The van der Waals surface area contributed by atoms with E-state index in [4.69, 9.17) is 10.6 Å². The predicted octanol–water partition coefficient (Wildman–Crippen LogP) is 0.456. The Hall–Kier alpha value is -1.14. The Balaban J connectivity index is 3.15. The second kappa shape index (κ2) is 4.20. The molecule has 1 heterocycles. The van der Waals surface area contributed by atoms with E-state index in [0.717, 1.165) is 0 Å². The minimum atomic E-state index is -0.467. The maximum atomic E-state index is 11.1. The van der Waals surface area contributed by atoms with Gasteiger partial charge in [-0.1, -0.05) is 0 Å². The van der Waals surface area contributed by atoms with Gasteiger partial charge in [0.05, 0.1) is 11.6 Å². The predicted molar refractivity (Wildman–Crippen MR) is 50.1 cm³/mol. The summed E-state index contributed by atoms with van der Waals surface area (Å²) in [4.78, 5) is 15.0. The van der Waals surface area contributed by atoms with Gasteiger partial charge in [-0.3, -0.25) is 10.2 Å². The van der Waals surface area contributed by atoms with Gasteiger partial charge in [-0.15, -0.1) is 0 Å². The third-order valence-corrected chi connectivity index (χ3v) is 2.19. The second-order valence-electron chi connectivity index (χ2n) is 2.15. The number of nitrogens with zero attached hydrogens (tertiary/aromatic N) is 1. The molecule has 6 heteroatoms. The number of halogens is 1. The summed E-state index contributed by atoms with van der Waals surface area (Å²) in [5.41, 5.74) is 2.18. The van der Waals surface area contributed by atoms with E-state index in [2.05, 4.69) is 20.9 Å². The number of hydrogen-bond acceptors (Lipinski definition) is 4. The van der Waals surface area contributed by atoms with E-state index in [0.29, 0.717) is 10.2 Å². The van der Waals surface area contributed by atoms with Gasteiger partial charge in [-0.2, -0.15) is 0 Å². The minimum absolute atomic E-state index is 0.196. The van der Waals surface area contributed by atoms with Crippen LogP contribution in [0.4, 0.5) is 0 Å². The number of rotatable bonds is 2. The van der Waals surface area contributed by atoms with Crippen LogP contribution in [0.1, 0.15) is 10.5 Å². The maximum Gasteiger partial charge on any atom is 0.285 e. The molecule has 0 bridgehead atoms. The highest BCUT2D eigenvalue weighted by Gasteiger charge is 2.13. The van der Waals surface area contributed by atoms with Crippen LogP contribution < -0.4 is 16.0 Å². The number of hydrogen-bond donors (Lipinski definition) is 2. The van der Waals surface area contributed by atoms with Crippen molar-refractivity contribution in [2.24, 2.45) is 5.84 Å². The first-order chi connectivity index (χ1) is 6.20. The monoisotopic (exact) mass is 245 g/mol. The summed E-state index contributed by atoms with van der Waals surface area (Å²) >= 11 is 3.18. The molecule has 3 N–H and O–H groups in total. The average Bonchev–Trinajstić information content (AvgIpc) is 2.17. The molecule has 1 amide bonds. The summed E-state index contributed by atoms with van der Waals surface area (Å²) in [6.07, 6.45) is 1.47. The van der Waals surface area contributed by atoms with E-state index in [1.54, 1.807) is 6.07 Å². The topological polar surface area (TPSA) is 77.2 Å². The lowest BCUT2D eigenvalue weighted by atomic mass is 10.3. The normalized spacial score (nSPS) is 9.46. The molecule has 1 aromatic rings. The number of hydrazine groups is 1. The zero-order valence-corrected chi connectivity index (χ0v) is 8.46. The van der Waals surface area contributed by atoms with Gasteiger partial charge in [0.2, 0.25) is 0 Å². The molecular weight excluding hydrogens is 238 g/mol. The van der Waals surface area contributed by atoms with Crippen molar-refractivity contribution in [2.45, 2.75) is 0 Å². The molecule has 0 aliphatic heterocycles. The molecule has 0 saturated heterocycles. The second-order valence-corrected chi connectivity index (χ2v) is 2.94. The van der Waals surface area contributed by atoms with Crippen LogP contribution in [0.3, 0.4) is 0 Å². The first kappa shape index (κ1) is 9.94. The summed E-state index contributed by atoms with van der Waals surface area (Å²) in [5.74, 6) is 5.03. The van der Waals surface area contributed by atoms with Gasteiger partial charge in [-0.25, -0.2) is 10.8 Å². The highest BCUT2D eigenvalue weighted by molar-refractivity contribution is 9.10. The van der Waals surface area contributed by atoms with Crippen molar-refractivity contribution in [1.82, 2.24) is 10.4 Å². The maximum absolute atomic E-state index is 11.1. The number of nitrogens with one attached hydrogen (secondary N) is 1. The fourth-order valence-electron chi connectivity index (χ4n) is 0.810. The molecule has 0 fully saturated rings. The van der Waals surface area contributed by atoms with E-state index < -0.39 is 5.91 Å². The van der Waals surface area contributed by atoms with Gasteiger partial charge in [-0.05, 0) is 22.0 Å². The SMILES string of the molecule is COc1ccnc(C(=O)NN)c1Br. The number of amides is 1. The molecule has 13 heavy (non-hydrogen) atoms. The molecular formula is C7H8BrN3O2. The number of methoxy groups -OCH3 is 1. The lowest BCUT2D eigenvalue weighted by molar-refractivity contribution is 0.0947. The van der Waals surface area contributed by atoms with Crippen molar-refractivity contribution >= 4 is 21.8 Å². The van der Waals surface area contributed by atoms with E-state index in [-0.39, 0.29) is 5.69 Å². The number of ether oxygens (including phenoxy) is 1. The molecule has 0 saturated carbocycles. The number of aromatic nitrogens is 1. The molecule has 0 radical (unpaired) electrons. The standard InChI is InChI=1S/C7H8BrN3O2/c1-13-4-2-3-10-6(5(4)8)7(12)11-9/h2-3H,9H2,1H3,(H,11,12). The van der Waals surface area contributed by atoms with Crippen LogP contribution in [0.5, 0.6) is 5.75 Å². The number of carbonyl (C=O) groups is 1. The van der Waals surface area contributed by atoms with Crippen LogP contribution in [-0.2, 0) is 0 Å². The van der Waals surface area contributed by atoms with Crippen LogP contribution in [-0.4, -0.2) is 18.0 Å². The first-order valence-electron chi connectivity index (χ1n) is 3.40. The van der Waals surface area contributed by atoms with E-state index in [9.17, 15) is 4.79 Å². The van der Waals surface area contributed by atoms with E-state index in [1.165, 1.54) is 13.3 Å². The van der Waals surface area contributed by atoms with Crippen molar-refractivity contribution < 1.29 is 9.53 Å². The van der Waals surface area contributed by atoms with Gasteiger partial charge in [0.15, 0.2) is 0 Å². The average molecular weight is 246 g/mol. The fourth-order valence-corrected chi connectivity index (χ4v) is 1.39. The van der Waals surface area contributed by atoms with Gasteiger partial charge >= 0.3 is 0 Å². The van der Waals surface area contributed by atoms with Crippen molar-refractivity contribution in [1.29, 1.82) is 0 Å². The molecule has 1 rings (SSSR count). The third-order valence-electron chi connectivity index (χ3n) is 1.42. The fraction of sp³-hybridized carbons (Fsp3) is 0.143. The molecule has 0 aliphatic carbocycles. The molecule has 0 atom stereocenters. The van der Waals surface area contributed by atoms with Gasteiger partial charge in [0.1, 0.15) is 11.4 Å². The zero-order valence-electron chi connectivity index (χ0n) is 6.87. The number of nitrogen functional groups attached to an aromatic ring is 1. The minimum Gasteiger partial charge on any atom is -0.495 e. The Bertz CT molecular complexity index is 330. The number of carbonyl (C=O) groups excluding carboxylic acids is 1. The molecule has 1 aromatic heterocycles.